The Morgan fingerprint density at radius 2 is 1.80 bits per heavy atom. The number of anilines is 5. The highest BCUT2D eigenvalue weighted by atomic mass is 19.4. The summed E-state index contributed by atoms with van der Waals surface area (Å²) in [4.78, 5) is 42.4. The zero-order chi connectivity index (χ0) is 31.6. The number of rotatable bonds is 8. The maximum Gasteiger partial charge on any atom is 0.418 e. The smallest absolute Gasteiger partial charge is 0.418 e. The van der Waals surface area contributed by atoms with E-state index in [1.54, 1.807) is 30.3 Å². The van der Waals surface area contributed by atoms with Crippen LogP contribution in [0.2, 0.25) is 0 Å². The van der Waals surface area contributed by atoms with Gasteiger partial charge in [-0.3, -0.25) is 14.6 Å². The number of amides is 3. The van der Waals surface area contributed by atoms with Crippen molar-refractivity contribution in [3.63, 3.8) is 0 Å². The lowest BCUT2D eigenvalue weighted by Gasteiger charge is -2.36. The number of ether oxygens (including phenoxy) is 1. The molecule has 3 heterocycles. The third-order valence-corrected chi connectivity index (χ3v) is 7.85. The van der Waals surface area contributed by atoms with Crippen LogP contribution >= 0.6 is 0 Å². The van der Waals surface area contributed by atoms with Gasteiger partial charge in [0.05, 0.1) is 24.9 Å². The highest BCUT2D eigenvalue weighted by Crippen LogP contribution is 2.38. The van der Waals surface area contributed by atoms with E-state index in [0.29, 0.717) is 55.9 Å². The molecule has 14 heteroatoms. The van der Waals surface area contributed by atoms with Crippen LogP contribution in [-0.2, 0) is 12.7 Å². The van der Waals surface area contributed by atoms with Gasteiger partial charge in [-0.1, -0.05) is 6.92 Å². The highest BCUT2D eigenvalue weighted by Gasteiger charge is 2.37. The summed E-state index contributed by atoms with van der Waals surface area (Å²) in [6, 6.07) is 8.07. The second-order valence-electron chi connectivity index (χ2n) is 10.4. The zero-order valence-electron chi connectivity index (χ0n) is 25.0. The number of carbonyl (C=O) groups excluding carboxylic acids is 2. The number of benzene rings is 2. The molecule has 0 radical (unpaired) electrons. The quantitative estimate of drug-likeness (QED) is 0.370. The van der Waals surface area contributed by atoms with E-state index in [4.69, 9.17) is 4.74 Å². The first-order valence-corrected chi connectivity index (χ1v) is 14.4. The van der Waals surface area contributed by atoms with Crippen molar-refractivity contribution >= 4 is 40.8 Å². The molecule has 1 fully saturated rings. The Morgan fingerprint density at radius 1 is 1.05 bits per heavy atom. The van der Waals surface area contributed by atoms with Crippen LogP contribution in [0.5, 0.6) is 5.75 Å². The minimum atomic E-state index is -4.65. The van der Waals surface area contributed by atoms with Crippen LogP contribution in [0.25, 0.3) is 0 Å². The number of fused-ring (bicyclic) bond motifs is 1. The lowest BCUT2D eigenvalue weighted by atomic mass is 10.1. The predicted octanol–water partition coefficient (Wildman–Crippen LogP) is 4.91. The van der Waals surface area contributed by atoms with E-state index in [1.165, 1.54) is 35.1 Å². The normalized spacial score (nSPS) is 15.7. The maximum atomic E-state index is 14.2. The van der Waals surface area contributed by atoms with Gasteiger partial charge in [-0.2, -0.15) is 18.2 Å². The molecule has 234 valence electrons. The summed E-state index contributed by atoms with van der Waals surface area (Å²) in [5, 5.41) is 5.56. The van der Waals surface area contributed by atoms with Gasteiger partial charge in [-0.25, -0.2) is 9.78 Å². The number of halogens is 3. The maximum absolute atomic E-state index is 14.2. The molecule has 1 aromatic heterocycles. The molecule has 11 nitrogen and oxygen atoms in total. The number of urea groups is 1. The summed E-state index contributed by atoms with van der Waals surface area (Å²) in [6.45, 7) is 7.47. The van der Waals surface area contributed by atoms with Crippen LogP contribution in [0, 0.1) is 0 Å². The fourth-order valence-corrected chi connectivity index (χ4v) is 5.44. The van der Waals surface area contributed by atoms with Crippen LogP contribution in [0.3, 0.4) is 0 Å². The Hall–Kier alpha value is -4.59. The molecule has 2 aliphatic heterocycles. The minimum absolute atomic E-state index is 0.0589. The van der Waals surface area contributed by atoms with Crippen molar-refractivity contribution < 1.29 is 27.5 Å². The van der Waals surface area contributed by atoms with Gasteiger partial charge in [-0.15, -0.1) is 0 Å². The lowest BCUT2D eigenvalue weighted by Crippen LogP contribution is -2.48. The monoisotopic (exact) mass is 612 g/mol. The number of piperazine rings is 1. The number of likely N-dealkylation sites (N-methyl/N-ethyl adjacent to an activating group) is 1. The van der Waals surface area contributed by atoms with Gasteiger partial charge in [0.2, 0.25) is 5.95 Å². The lowest BCUT2D eigenvalue weighted by molar-refractivity contribution is -0.137. The highest BCUT2D eigenvalue weighted by molar-refractivity contribution is 6.07. The molecular weight excluding hydrogens is 577 g/mol. The van der Waals surface area contributed by atoms with Crippen molar-refractivity contribution in [1.82, 2.24) is 14.9 Å². The second kappa shape index (κ2) is 12.6. The SMILES string of the molecule is CCN1CCN(c2ccc(C(=O)Nc3cc(OC)cc(N4Cc5cnc(NC)nc5N(CC)C4=O)c3)cc2C(F)(F)F)CC1. The molecule has 0 atom stereocenters. The number of aromatic nitrogens is 2. The second-order valence-corrected chi connectivity index (χ2v) is 10.4. The van der Waals surface area contributed by atoms with E-state index < -0.39 is 17.6 Å². The first-order chi connectivity index (χ1) is 21.1. The molecule has 0 aliphatic carbocycles. The molecule has 3 amide bonds. The van der Waals surface area contributed by atoms with Crippen LogP contribution in [-0.4, -0.2) is 80.2 Å². The van der Waals surface area contributed by atoms with E-state index >= 15 is 0 Å². The molecule has 0 unspecified atom stereocenters. The Morgan fingerprint density at radius 3 is 2.43 bits per heavy atom. The molecule has 0 saturated carbocycles. The number of nitrogens with one attached hydrogen (secondary N) is 2. The fourth-order valence-electron chi connectivity index (χ4n) is 5.44. The van der Waals surface area contributed by atoms with Gasteiger partial charge >= 0.3 is 12.2 Å². The minimum Gasteiger partial charge on any atom is -0.497 e. The van der Waals surface area contributed by atoms with E-state index in [-0.39, 0.29) is 29.5 Å². The summed E-state index contributed by atoms with van der Waals surface area (Å²) in [5.74, 6) is 0.505. The molecule has 0 bridgehead atoms. The molecule has 1 saturated heterocycles. The first-order valence-electron chi connectivity index (χ1n) is 14.4. The Balaban J connectivity index is 1.42. The number of nitrogens with zero attached hydrogens (tertiary/aromatic N) is 6. The Bertz CT molecular complexity index is 1540. The Labute approximate surface area is 253 Å². The van der Waals surface area contributed by atoms with Crippen LogP contribution in [0.4, 0.5) is 46.8 Å². The fraction of sp³-hybridized carbons (Fsp3) is 0.400. The van der Waals surface area contributed by atoms with Gasteiger partial charge in [0, 0.05) is 80.6 Å². The van der Waals surface area contributed by atoms with Gasteiger partial charge in [0.15, 0.2) is 0 Å². The number of alkyl halides is 3. The van der Waals surface area contributed by atoms with Crippen molar-refractivity contribution in [2.75, 3.05) is 78.8 Å². The predicted molar refractivity (Wildman–Crippen MR) is 163 cm³/mol. The summed E-state index contributed by atoms with van der Waals surface area (Å²) in [7, 11) is 3.13. The summed E-state index contributed by atoms with van der Waals surface area (Å²) in [5.41, 5.74) is 0.445. The zero-order valence-corrected chi connectivity index (χ0v) is 25.0. The van der Waals surface area contributed by atoms with Crippen LogP contribution in [0.1, 0.15) is 35.3 Å². The number of hydrogen-bond acceptors (Lipinski definition) is 8. The topological polar surface area (TPSA) is 106 Å². The molecular formula is C30H35F3N8O3. The Kier molecular flexibility index (Phi) is 8.81. The summed E-state index contributed by atoms with van der Waals surface area (Å²) in [6.07, 6.45) is -3.00. The number of carbonyl (C=O) groups is 2. The van der Waals surface area contributed by atoms with Gasteiger partial charge < -0.3 is 25.2 Å². The molecule has 2 N–H and O–H groups in total. The number of hydrogen-bond donors (Lipinski definition) is 2. The molecule has 2 aromatic carbocycles. The average molecular weight is 613 g/mol. The van der Waals surface area contributed by atoms with E-state index in [0.717, 1.165) is 18.2 Å². The third-order valence-electron chi connectivity index (χ3n) is 7.85. The molecule has 2 aliphatic rings. The van der Waals surface area contributed by atoms with Crippen molar-refractivity contribution in [1.29, 1.82) is 0 Å². The summed E-state index contributed by atoms with van der Waals surface area (Å²) < 4.78 is 48.0. The van der Waals surface area contributed by atoms with E-state index in [9.17, 15) is 22.8 Å². The standard InChI is InChI=1S/C30H35F3N8O3/c1-5-38-9-11-39(12-10-38)25-8-7-19(13-24(25)30(31,32)33)27(42)36-21-14-22(16-23(15-21)44-4)41-18-20-17-35-28(34-3)37-26(20)40(6-2)29(41)43/h7-8,13-17H,5-6,9-12,18H2,1-4H3,(H,36,42)(H,34,35,37). The van der Waals surface area contributed by atoms with Gasteiger partial charge in [0.1, 0.15) is 11.6 Å². The summed E-state index contributed by atoms with van der Waals surface area (Å²) >= 11 is 0. The van der Waals surface area contributed by atoms with Crippen LogP contribution in [0.15, 0.2) is 42.6 Å². The van der Waals surface area contributed by atoms with Crippen molar-refractivity contribution in [3.05, 3.63) is 59.3 Å². The van der Waals surface area contributed by atoms with Gasteiger partial charge in [0.25, 0.3) is 5.91 Å². The van der Waals surface area contributed by atoms with E-state index in [1.807, 2.05) is 13.8 Å². The van der Waals surface area contributed by atoms with Crippen molar-refractivity contribution in [2.24, 2.45) is 0 Å². The van der Waals surface area contributed by atoms with Crippen molar-refractivity contribution in [3.8, 4) is 5.75 Å². The van der Waals surface area contributed by atoms with Crippen LogP contribution < -0.4 is 30.1 Å². The van der Waals surface area contributed by atoms with Crippen molar-refractivity contribution in [2.45, 2.75) is 26.6 Å². The average Bonchev–Trinajstić information content (AvgIpc) is 3.03. The molecule has 0 spiro atoms. The first kappa shape index (κ1) is 30.9. The largest absolute Gasteiger partial charge is 0.497 e. The molecule has 44 heavy (non-hydrogen) atoms. The molecule has 3 aromatic rings. The van der Waals surface area contributed by atoms with E-state index in [2.05, 4.69) is 25.5 Å². The number of methoxy groups -OCH3 is 1. The molecule has 5 rings (SSSR count). The third kappa shape index (κ3) is 6.20. The van der Waals surface area contributed by atoms with Gasteiger partial charge in [-0.05, 0) is 37.7 Å².